The van der Waals surface area contributed by atoms with Gasteiger partial charge in [-0.05, 0) is 84.0 Å². The van der Waals surface area contributed by atoms with Crippen molar-refractivity contribution in [3.8, 4) is 5.75 Å². The number of nitrogens with one attached hydrogen (secondary N) is 5. The van der Waals surface area contributed by atoms with E-state index in [1.54, 1.807) is 44.7 Å². The van der Waals surface area contributed by atoms with Crippen LogP contribution in [0.2, 0.25) is 0 Å². The molecular formula is C37H56N6O10. The molecule has 53 heavy (non-hydrogen) atoms. The standard InChI is InChI=1S/C37H56N6O10/c1-19(2)15-25-28(46)17-23(18-29(47)48)32(49)41-30(21(4)44)35(52)38-20(3)31(36(53)42-37(5,6)7)43-14-8-9-27(43)34(51)40-26(33(50)39-25)16-22-10-12-24(45)13-11-22/h10-13,19-21,23,25-27,30-31,44-45H,8-9,14-18H2,1-7H3,(H,38,52)(H,39,50)(H,40,51)(H,41,49)(H,42,53)(H,47,48)/t20-,21+,23-,25-,26-,27-,30-,31-/m0/s1. The maximum absolute atomic E-state index is 14.2. The molecule has 0 radical (unpaired) electrons. The maximum atomic E-state index is 14.2. The third-order valence-corrected chi connectivity index (χ3v) is 9.29. The molecule has 0 bridgehead atoms. The minimum Gasteiger partial charge on any atom is -0.508 e. The number of ketones is 1. The van der Waals surface area contributed by atoms with Crippen molar-refractivity contribution < 1.29 is 48.9 Å². The molecule has 2 aliphatic rings. The number of carbonyl (C=O) groups excluding carboxylic acids is 6. The fourth-order valence-electron chi connectivity index (χ4n) is 6.79. The van der Waals surface area contributed by atoms with Crippen LogP contribution in [0.1, 0.15) is 86.1 Å². The summed E-state index contributed by atoms with van der Waals surface area (Å²) < 4.78 is 0. The molecule has 1 aromatic carbocycles. The van der Waals surface area contributed by atoms with E-state index in [1.165, 1.54) is 19.1 Å². The lowest BCUT2D eigenvalue weighted by Crippen LogP contribution is -2.65. The van der Waals surface area contributed by atoms with Crippen LogP contribution in [0.15, 0.2) is 24.3 Å². The second-order valence-electron chi connectivity index (χ2n) is 15.7. The first kappa shape index (κ1) is 42.8. The van der Waals surface area contributed by atoms with Gasteiger partial charge in [-0.3, -0.25) is 38.5 Å². The largest absolute Gasteiger partial charge is 0.508 e. The summed E-state index contributed by atoms with van der Waals surface area (Å²) in [6.07, 6.45) is -1.93. The van der Waals surface area contributed by atoms with Gasteiger partial charge in [0.05, 0.1) is 36.6 Å². The smallest absolute Gasteiger partial charge is 0.304 e. The van der Waals surface area contributed by atoms with E-state index in [-0.39, 0.29) is 31.1 Å². The molecule has 8 atom stereocenters. The Hall–Kier alpha value is -4.57. The molecule has 2 aliphatic heterocycles. The number of carboxylic acids is 1. The van der Waals surface area contributed by atoms with Gasteiger partial charge in [0.25, 0.3) is 0 Å². The van der Waals surface area contributed by atoms with Gasteiger partial charge in [0.2, 0.25) is 29.5 Å². The number of carboxylic acid groups (broad SMARTS) is 1. The van der Waals surface area contributed by atoms with Gasteiger partial charge in [-0.1, -0.05) is 26.0 Å². The van der Waals surface area contributed by atoms with Crippen LogP contribution < -0.4 is 26.6 Å². The number of Topliss-reactive ketones (excluding diaryl/α,β-unsaturated/α-hetero) is 1. The van der Waals surface area contributed by atoms with E-state index >= 15 is 0 Å². The number of aliphatic hydroxyl groups excluding tert-OH is 1. The highest BCUT2D eigenvalue weighted by Gasteiger charge is 2.44. The lowest BCUT2D eigenvalue weighted by Gasteiger charge is -2.38. The zero-order valence-corrected chi connectivity index (χ0v) is 31.6. The van der Waals surface area contributed by atoms with Crippen molar-refractivity contribution in [3.63, 3.8) is 0 Å². The molecule has 16 heteroatoms. The van der Waals surface area contributed by atoms with Crippen LogP contribution >= 0.6 is 0 Å². The Morgan fingerprint density at radius 1 is 0.906 bits per heavy atom. The van der Waals surface area contributed by atoms with E-state index in [0.29, 0.717) is 18.4 Å². The molecule has 0 spiro atoms. The average Bonchev–Trinajstić information content (AvgIpc) is 3.50. The monoisotopic (exact) mass is 744 g/mol. The highest BCUT2D eigenvalue weighted by molar-refractivity contribution is 5.97. The second-order valence-corrected chi connectivity index (χ2v) is 15.7. The van der Waals surface area contributed by atoms with Crippen molar-refractivity contribution in [3.05, 3.63) is 29.8 Å². The van der Waals surface area contributed by atoms with Crippen LogP contribution in [-0.4, -0.2) is 116 Å². The van der Waals surface area contributed by atoms with E-state index < -0.39 is 108 Å². The van der Waals surface area contributed by atoms with Gasteiger partial charge in [-0.15, -0.1) is 0 Å². The van der Waals surface area contributed by atoms with Crippen molar-refractivity contribution in [1.82, 2.24) is 31.5 Å². The molecule has 8 N–H and O–H groups in total. The number of rotatable bonds is 8. The van der Waals surface area contributed by atoms with Gasteiger partial charge >= 0.3 is 5.97 Å². The number of aliphatic hydroxyl groups is 1. The quantitative estimate of drug-likeness (QED) is 0.178. The third-order valence-electron chi connectivity index (χ3n) is 9.29. The Morgan fingerprint density at radius 3 is 2.09 bits per heavy atom. The molecule has 2 fully saturated rings. The SMILES string of the molecule is CC(C)C[C@@H]1NC(=O)[C@H](Cc2ccc(O)cc2)NC(=O)[C@@H]2CCCN2[C@H](C(=O)NC(C)(C)C)[C@H](C)NC(=O)[C@H]([C@@H](C)O)NC(=O)[C@H](CC(=O)O)CC1=O. The molecule has 2 heterocycles. The first-order valence-corrected chi connectivity index (χ1v) is 18.2. The first-order chi connectivity index (χ1) is 24.7. The number of amides is 5. The number of hydrogen-bond acceptors (Lipinski definition) is 10. The Bertz CT molecular complexity index is 1510. The minimum atomic E-state index is -1.59. The zero-order chi connectivity index (χ0) is 39.8. The number of phenolic OH excluding ortho intramolecular Hbond substituents is 1. The van der Waals surface area contributed by atoms with Gasteiger partial charge in [0, 0.05) is 18.4 Å². The summed E-state index contributed by atoms with van der Waals surface area (Å²) in [5, 5.41) is 43.7. The first-order valence-electron chi connectivity index (χ1n) is 18.2. The Kier molecular flexibility index (Phi) is 14.9. The molecule has 294 valence electrons. The number of aliphatic carboxylic acids is 1. The molecule has 2 saturated heterocycles. The van der Waals surface area contributed by atoms with Crippen molar-refractivity contribution in [2.45, 2.75) is 135 Å². The molecule has 1 aromatic rings. The topological polar surface area (TPSA) is 244 Å². The van der Waals surface area contributed by atoms with E-state index in [9.17, 15) is 48.9 Å². The Balaban J connectivity index is 2.16. The van der Waals surface area contributed by atoms with Crippen LogP contribution in [0.5, 0.6) is 5.75 Å². The predicted octanol–water partition coefficient (Wildman–Crippen LogP) is 0.132. The summed E-state index contributed by atoms with van der Waals surface area (Å²) in [4.78, 5) is 96.7. The Morgan fingerprint density at radius 2 is 1.53 bits per heavy atom. The predicted molar refractivity (Wildman–Crippen MR) is 193 cm³/mol. The number of aromatic hydroxyl groups is 1. The molecule has 3 rings (SSSR count). The van der Waals surface area contributed by atoms with Crippen LogP contribution in [0.4, 0.5) is 0 Å². The highest BCUT2D eigenvalue weighted by Crippen LogP contribution is 2.24. The van der Waals surface area contributed by atoms with Crippen molar-refractivity contribution in [2.24, 2.45) is 11.8 Å². The van der Waals surface area contributed by atoms with Crippen LogP contribution in [0.25, 0.3) is 0 Å². The van der Waals surface area contributed by atoms with Gasteiger partial charge in [-0.2, -0.15) is 0 Å². The van der Waals surface area contributed by atoms with Crippen molar-refractivity contribution >= 4 is 41.3 Å². The summed E-state index contributed by atoms with van der Waals surface area (Å²) in [5.41, 5.74) is -0.110. The molecule has 16 nitrogen and oxygen atoms in total. The normalized spacial score (nSPS) is 27.7. The molecular weight excluding hydrogens is 688 g/mol. The van der Waals surface area contributed by atoms with E-state index in [4.69, 9.17) is 0 Å². The lowest BCUT2D eigenvalue weighted by atomic mass is 9.90. The highest BCUT2D eigenvalue weighted by atomic mass is 16.4. The number of nitrogens with zero attached hydrogens (tertiary/aromatic N) is 1. The lowest BCUT2D eigenvalue weighted by molar-refractivity contribution is -0.143. The number of fused-ring (bicyclic) bond motifs is 1. The van der Waals surface area contributed by atoms with E-state index in [2.05, 4.69) is 26.6 Å². The summed E-state index contributed by atoms with van der Waals surface area (Å²) in [7, 11) is 0. The minimum absolute atomic E-state index is 0.00311. The van der Waals surface area contributed by atoms with Crippen LogP contribution in [-0.2, 0) is 40.0 Å². The maximum Gasteiger partial charge on any atom is 0.304 e. The van der Waals surface area contributed by atoms with Crippen molar-refractivity contribution in [1.29, 1.82) is 0 Å². The summed E-state index contributed by atoms with van der Waals surface area (Å²) in [5.74, 6) is -7.22. The molecule has 0 unspecified atom stereocenters. The van der Waals surface area contributed by atoms with E-state index in [1.807, 2.05) is 13.8 Å². The van der Waals surface area contributed by atoms with Gasteiger partial charge in [-0.25, -0.2) is 0 Å². The van der Waals surface area contributed by atoms with Gasteiger partial charge < -0.3 is 41.9 Å². The summed E-state index contributed by atoms with van der Waals surface area (Å²) in [6.45, 7) is 12.1. The van der Waals surface area contributed by atoms with Crippen LogP contribution in [0.3, 0.4) is 0 Å². The average molecular weight is 745 g/mol. The molecule has 0 aromatic heterocycles. The number of benzene rings is 1. The van der Waals surface area contributed by atoms with Gasteiger partial charge in [0.1, 0.15) is 23.9 Å². The number of phenols is 1. The fraction of sp³-hybridized carbons (Fsp3) is 0.649. The number of carbonyl (C=O) groups is 7. The number of hydrogen-bond donors (Lipinski definition) is 8. The van der Waals surface area contributed by atoms with Gasteiger partial charge in [0.15, 0.2) is 5.78 Å². The zero-order valence-electron chi connectivity index (χ0n) is 31.6. The fourth-order valence-corrected chi connectivity index (χ4v) is 6.79. The third kappa shape index (κ3) is 12.5. The molecule has 0 saturated carbocycles. The van der Waals surface area contributed by atoms with Crippen molar-refractivity contribution in [2.75, 3.05) is 6.54 Å². The Labute approximate surface area is 310 Å². The van der Waals surface area contributed by atoms with Crippen LogP contribution in [0, 0.1) is 11.8 Å². The second kappa shape index (κ2) is 18.5. The molecule has 0 aliphatic carbocycles. The summed E-state index contributed by atoms with van der Waals surface area (Å²) in [6, 6.07) is -0.945. The van der Waals surface area contributed by atoms with E-state index in [0.717, 1.165) is 0 Å². The molecule has 5 amide bonds. The summed E-state index contributed by atoms with van der Waals surface area (Å²) >= 11 is 0.